The number of nitrogens with zero attached hydrogens (tertiary/aromatic N) is 1. The highest BCUT2D eigenvalue weighted by Gasteiger charge is 2.06. The number of rotatable bonds is 3. The van der Waals surface area contributed by atoms with Gasteiger partial charge in [0.2, 0.25) is 0 Å². The Morgan fingerprint density at radius 2 is 1.70 bits per heavy atom. The molecular formula is C16H14N2OS. The zero-order valence-corrected chi connectivity index (χ0v) is 11.6. The Morgan fingerprint density at radius 3 is 2.50 bits per heavy atom. The quantitative estimate of drug-likeness (QED) is 0.751. The second kappa shape index (κ2) is 5.43. The molecule has 3 nitrogen and oxygen atoms in total. The molecule has 0 fully saturated rings. The van der Waals surface area contributed by atoms with Crippen LogP contribution in [0.2, 0.25) is 0 Å². The molecule has 1 atom stereocenters. The summed E-state index contributed by atoms with van der Waals surface area (Å²) in [4.78, 5) is 5.31. The summed E-state index contributed by atoms with van der Waals surface area (Å²) >= 11 is 0. The van der Waals surface area contributed by atoms with E-state index >= 15 is 0 Å². The van der Waals surface area contributed by atoms with Gasteiger partial charge in [-0.3, -0.25) is 9.19 Å². The Bertz CT molecular complexity index is 769. The van der Waals surface area contributed by atoms with Crippen LogP contribution < -0.4 is 5.73 Å². The molecular weight excluding hydrogens is 268 g/mol. The first-order valence-electron chi connectivity index (χ1n) is 6.31. The molecule has 100 valence electrons. The number of pyridine rings is 1. The smallest absolute Gasteiger partial charge is 0.0705 e. The van der Waals surface area contributed by atoms with Crippen molar-refractivity contribution in [1.29, 1.82) is 0 Å². The number of aromatic nitrogens is 1. The van der Waals surface area contributed by atoms with Gasteiger partial charge < -0.3 is 5.73 Å². The summed E-state index contributed by atoms with van der Waals surface area (Å²) in [6.07, 6.45) is 0. The van der Waals surface area contributed by atoms with E-state index in [2.05, 4.69) is 4.98 Å². The molecule has 3 rings (SSSR count). The molecule has 1 unspecified atom stereocenters. The molecule has 1 heterocycles. The van der Waals surface area contributed by atoms with E-state index in [4.69, 9.17) is 5.73 Å². The van der Waals surface area contributed by atoms with Crippen molar-refractivity contribution in [2.24, 2.45) is 0 Å². The average Bonchev–Trinajstić information content (AvgIpc) is 2.48. The average molecular weight is 282 g/mol. The fourth-order valence-corrected chi connectivity index (χ4v) is 3.06. The van der Waals surface area contributed by atoms with E-state index in [-0.39, 0.29) is 0 Å². The summed E-state index contributed by atoms with van der Waals surface area (Å²) in [5.74, 6) is 0.411. The van der Waals surface area contributed by atoms with Crippen molar-refractivity contribution in [1.82, 2.24) is 4.98 Å². The maximum atomic E-state index is 12.3. The third kappa shape index (κ3) is 2.70. The van der Waals surface area contributed by atoms with Gasteiger partial charge in [0.25, 0.3) is 0 Å². The molecule has 0 spiro atoms. The van der Waals surface area contributed by atoms with Gasteiger partial charge in [0.1, 0.15) is 0 Å². The molecule has 0 aliphatic carbocycles. The molecule has 3 aromatic rings. The van der Waals surface area contributed by atoms with Crippen molar-refractivity contribution in [3.05, 3.63) is 66.4 Å². The Labute approximate surface area is 119 Å². The molecule has 4 heteroatoms. The van der Waals surface area contributed by atoms with Gasteiger partial charge >= 0.3 is 0 Å². The monoisotopic (exact) mass is 282 g/mol. The number of hydrogen-bond donors (Lipinski definition) is 1. The molecule has 2 N–H and O–H groups in total. The number of fused-ring (bicyclic) bond motifs is 1. The standard InChI is InChI=1S/C16H14N2OS/c17-13-6-9-15(10-7-13)20(19)11-14-8-5-12-3-1-2-4-16(12)18-14/h1-10H,11,17H2. The minimum absolute atomic E-state index is 0.411. The lowest BCUT2D eigenvalue weighted by Crippen LogP contribution is -1.99. The number of anilines is 1. The Balaban J connectivity index is 1.85. The van der Waals surface area contributed by atoms with Crippen LogP contribution in [0.5, 0.6) is 0 Å². The first-order valence-corrected chi connectivity index (χ1v) is 7.63. The summed E-state index contributed by atoms with van der Waals surface area (Å²) in [5, 5.41) is 1.09. The number of hydrogen-bond acceptors (Lipinski definition) is 3. The highest BCUT2D eigenvalue weighted by atomic mass is 32.2. The van der Waals surface area contributed by atoms with E-state index in [1.165, 1.54) is 0 Å². The van der Waals surface area contributed by atoms with E-state index in [9.17, 15) is 4.21 Å². The lowest BCUT2D eigenvalue weighted by Gasteiger charge is -2.04. The molecule has 0 saturated heterocycles. The van der Waals surface area contributed by atoms with Crippen molar-refractivity contribution in [2.45, 2.75) is 10.6 Å². The minimum atomic E-state index is -1.10. The molecule has 0 amide bonds. The van der Waals surface area contributed by atoms with Crippen molar-refractivity contribution in [2.75, 3.05) is 5.73 Å². The summed E-state index contributed by atoms with van der Waals surface area (Å²) in [6.45, 7) is 0. The van der Waals surface area contributed by atoms with Crippen molar-refractivity contribution < 1.29 is 4.21 Å². The number of benzene rings is 2. The molecule has 0 saturated carbocycles. The maximum Gasteiger partial charge on any atom is 0.0705 e. The minimum Gasteiger partial charge on any atom is -0.399 e. The van der Waals surface area contributed by atoms with Gasteiger partial charge in [-0.25, -0.2) is 0 Å². The normalized spacial score (nSPS) is 12.4. The maximum absolute atomic E-state index is 12.3. The predicted octanol–water partition coefficient (Wildman–Crippen LogP) is 3.12. The van der Waals surface area contributed by atoms with Gasteiger partial charge in [0.05, 0.1) is 27.8 Å². The van der Waals surface area contributed by atoms with Crippen LogP contribution in [-0.4, -0.2) is 9.19 Å². The van der Waals surface area contributed by atoms with Crippen molar-refractivity contribution >= 4 is 27.4 Å². The Morgan fingerprint density at radius 1 is 0.950 bits per heavy atom. The van der Waals surface area contributed by atoms with Crippen molar-refractivity contribution in [3.8, 4) is 0 Å². The number of nitrogen functional groups attached to an aromatic ring is 1. The van der Waals surface area contributed by atoms with E-state index in [0.29, 0.717) is 11.4 Å². The van der Waals surface area contributed by atoms with Crippen LogP contribution in [0.15, 0.2) is 65.6 Å². The van der Waals surface area contributed by atoms with Crippen LogP contribution in [0.4, 0.5) is 5.69 Å². The summed E-state index contributed by atoms with van der Waals surface area (Å²) in [6, 6.07) is 19.0. The summed E-state index contributed by atoms with van der Waals surface area (Å²) in [5.41, 5.74) is 8.07. The van der Waals surface area contributed by atoms with Gasteiger partial charge in [-0.15, -0.1) is 0 Å². The second-order valence-electron chi connectivity index (χ2n) is 4.55. The topological polar surface area (TPSA) is 56.0 Å². The van der Waals surface area contributed by atoms with Crippen LogP contribution in [0.1, 0.15) is 5.69 Å². The van der Waals surface area contributed by atoms with Crippen LogP contribution in [-0.2, 0) is 16.6 Å². The fraction of sp³-hybridized carbons (Fsp3) is 0.0625. The van der Waals surface area contributed by atoms with Crippen LogP contribution >= 0.6 is 0 Å². The second-order valence-corrected chi connectivity index (χ2v) is 6.01. The molecule has 0 bridgehead atoms. The fourth-order valence-electron chi connectivity index (χ4n) is 2.03. The van der Waals surface area contributed by atoms with Crippen molar-refractivity contribution in [3.63, 3.8) is 0 Å². The zero-order chi connectivity index (χ0) is 13.9. The third-order valence-corrected chi connectivity index (χ3v) is 4.43. The van der Waals surface area contributed by atoms with E-state index in [1.54, 1.807) is 24.3 Å². The van der Waals surface area contributed by atoms with Crippen LogP contribution in [0.25, 0.3) is 10.9 Å². The van der Waals surface area contributed by atoms with Gasteiger partial charge in [-0.2, -0.15) is 0 Å². The SMILES string of the molecule is Nc1ccc(S(=O)Cc2ccc3ccccc3n2)cc1. The van der Waals surface area contributed by atoms with E-state index in [1.807, 2.05) is 36.4 Å². The van der Waals surface area contributed by atoms with Crippen LogP contribution in [0, 0.1) is 0 Å². The van der Waals surface area contributed by atoms with Gasteiger partial charge in [-0.05, 0) is 36.4 Å². The lowest BCUT2D eigenvalue weighted by molar-refractivity contribution is 0.682. The van der Waals surface area contributed by atoms with E-state index in [0.717, 1.165) is 21.5 Å². The summed E-state index contributed by atoms with van der Waals surface area (Å²) in [7, 11) is -1.10. The largest absolute Gasteiger partial charge is 0.399 e. The number of nitrogens with two attached hydrogens (primary N) is 1. The molecule has 0 aliphatic heterocycles. The first kappa shape index (κ1) is 12.8. The zero-order valence-electron chi connectivity index (χ0n) is 10.8. The third-order valence-electron chi connectivity index (χ3n) is 3.08. The Kier molecular flexibility index (Phi) is 3.48. The van der Waals surface area contributed by atoms with E-state index < -0.39 is 10.8 Å². The van der Waals surface area contributed by atoms with Gasteiger partial charge in [0, 0.05) is 16.0 Å². The molecule has 1 aromatic heterocycles. The highest BCUT2D eigenvalue weighted by molar-refractivity contribution is 7.84. The molecule has 2 aromatic carbocycles. The van der Waals surface area contributed by atoms with Gasteiger partial charge in [-0.1, -0.05) is 24.3 Å². The molecule has 0 aliphatic rings. The number of para-hydroxylation sites is 1. The predicted molar refractivity (Wildman–Crippen MR) is 82.7 cm³/mol. The molecule has 20 heavy (non-hydrogen) atoms. The van der Waals surface area contributed by atoms with Crippen LogP contribution in [0.3, 0.4) is 0 Å². The lowest BCUT2D eigenvalue weighted by atomic mass is 10.2. The summed E-state index contributed by atoms with van der Waals surface area (Å²) < 4.78 is 12.3. The molecule has 0 radical (unpaired) electrons. The first-order chi connectivity index (χ1) is 9.72. The van der Waals surface area contributed by atoms with Gasteiger partial charge in [0.15, 0.2) is 0 Å². The highest BCUT2D eigenvalue weighted by Crippen LogP contribution is 2.16. The Hall–Kier alpha value is -2.20.